The van der Waals surface area contributed by atoms with Crippen molar-refractivity contribution < 1.29 is 14.3 Å². The summed E-state index contributed by atoms with van der Waals surface area (Å²) in [5.74, 6) is 0.253. The van der Waals surface area contributed by atoms with Gasteiger partial charge in [-0.25, -0.2) is 0 Å². The summed E-state index contributed by atoms with van der Waals surface area (Å²) in [5.41, 5.74) is 5.59. The van der Waals surface area contributed by atoms with Crippen LogP contribution in [0.1, 0.15) is 38.5 Å². The zero-order valence-electron chi connectivity index (χ0n) is 12.6. The number of halogens is 1. The van der Waals surface area contributed by atoms with Crippen LogP contribution in [0.25, 0.3) is 0 Å². The van der Waals surface area contributed by atoms with Crippen molar-refractivity contribution in [3.8, 4) is 0 Å². The van der Waals surface area contributed by atoms with E-state index in [4.69, 9.17) is 15.2 Å². The Kier molecular flexibility index (Phi) is 5.88. The molecule has 3 rings (SSSR count). The normalized spacial score (nSPS) is 32.0. The Labute approximate surface area is 132 Å². The number of nitrogens with two attached hydrogens (primary N) is 1. The quantitative estimate of drug-likeness (QED) is 0.834. The highest BCUT2D eigenvalue weighted by Gasteiger charge is 2.46. The summed E-state index contributed by atoms with van der Waals surface area (Å²) in [5, 5.41) is 0. The van der Waals surface area contributed by atoms with Gasteiger partial charge in [0.2, 0.25) is 5.91 Å². The molecule has 2 unspecified atom stereocenters. The third-order valence-electron chi connectivity index (χ3n) is 5.29. The lowest BCUT2D eigenvalue weighted by Crippen LogP contribution is -2.60. The summed E-state index contributed by atoms with van der Waals surface area (Å²) >= 11 is 0. The standard InChI is InChI=1S/C15H26N2O3.ClH/c16-11-15(5-8-19-9-6-15)14(18)17-7-10-20-13-4-2-1-3-12(13)17;/h12-13H,1-11,16H2;1H. The van der Waals surface area contributed by atoms with Gasteiger partial charge in [-0.1, -0.05) is 12.8 Å². The molecule has 0 radical (unpaired) electrons. The Hall–Kier alpha value is -0.360. The van der Waals surface area contributed by atoms with Crippen LogP contribution in [0.15, 0.2) is 0 Å². The predicted octanol–water partition coefficient (Wildman–Crippen LogP) is 1.33. The maximum absolute atomic E-state index is 13.1. The first-order valence-corrected chi connectivity index (χ1v) is 7.97. The van der Waals surface area contributed by atoms with Gasteiger partial charge >= 0.3 is 0 Å². The molecule has 0 aromatic rings. The second kappa shape index (κ2) is 7.27. The number of carbonyl (C=O) groups is 1. The number of morpholine rings is 1. The first-order valence-electron chi connectivity index (χ1n) is 7.97. The van der Waals surface area contributed by atoms with E-state index < -0.39 is 5.41 Å². The zero-order valence-corrected chi connectivity index (χ0v) is 13.4. The van der Waals surface area contributed by atoms with Crippen LogP contribution in [-0.2, 0) is 14.3 Å². The Morgan fingerprint density at radius 2 is 1.90 bits per heavy atom. The predicted molar refractivity (Wildman–Crippen MR) is 82.5 cm³/mol. The van der Waals surface area contributed by atoms with E-state index in [2.05, 4.69) is 4.90 Å². The minimum Gasteiger partial charge on any atom is -0.381 e. The number of ether oxygens (including phenoxy) is 2. The molecule has 1 aliphatic carbocycles. The summed E-state index contributed by atoms with van der Waals surface area (Å²) in [4.78, 5) is 15.2. The molecule has 0 aromatic carbocycles. The maximum Gasteiger partial charge on any atom is 0.230 e. The van der Waals surface area contributed by atoms with Crippen LogP contribution in [0, 0.1) is 5.41 Å². The molecule has 3 fully saturated rings. The Balaban J connectivity index is 0.00000161. The van der Waals surface area contributed by atoms with E-state index >= 15 is 0 Å². The van der Waals surface area contributed by atoms with E-state index in [1.165, 1.54) is 12.8 Å². The average molecular weight is 319 g/mol. The Morgan fingerprint density at radius 3 is 2.62 bits per heavy atom. The van der Waals surface area contributed by atoms with Crippen LogP contribution in [0.2, 0.25) is 0 Å². The molecule has 2 heterocycles. The number of nitrogens with zero attached hydrogens (tertiary/aromatic N) is 1. The van der Waals surface area contributed by atoms with Crippen LogP contribution in [-0.4, -0.2) is 55.9 Å². The number of hydrogen-bond donors (Lipinski definition) is 1. The fraction of sp³-hybridized carbons (Fsp3) is 0.933. The van der Waals surface area contributed by atoms with Crippen LogP contribution in [0.3, 0.4) is 0 Å². The fourth-order valence-corrected chi connectivity index (χ4v) is 3.92. The number of amides is 1. The Morgan fingerprint density at radius 1 is 1.19 bits per heavy atom. The highest BCUT2D eigenvalue weighted by molar-refractivity contribution is 5.85. The van der Waals surface area contributed by atoms with Gasteiger partial charge in [0.05, 0.1) is 24.2 Å². The molecule has 2 atom stereocenters. The van der Waals surface area contributed by atoms with Crippen molar-refractivity contribution in [1.29, 1.82) is 0 Å². The van der Waals surface area contributed by atoms with Gasteiger partial charge in [0.25, 0.3) is 0 Å². The molecule has 1 saturated carbocycles. The van der Waals surface area contributed by atoms with E-state index in [1.54, 1.807) is 0 Å². The lowest BCUT2D eigenvalue weighted by Gasteiger charge is -2.48. The minimum absolute atomic E-state index is 0. The maximum atomic E-state index is 13.1. The summed E-state index contributed by atoms with van der Waals surface area (Å²) in [6.07, 6.45) is 6.36. The molecule has 0 spiro atoms. The number of hydrogen-bond acceptors (Lipinski definition) is 4. The van der Waals surface area contributed by atoms with E-state index in [1.807, 2.05) is 0 Å². The van der Waals surface area contributed by atoms with Crippen molar-refractivity contribution in [1.82, 2.24) is 4.90 Å². The molecule has 2 N–H and O–H groups in total. The van der Waals surface area contributed by atoms with Gasteiger partial charge in [-0.15, -0.1) is 12.4 Å². The van der Waals surface area contributed by atoms with Crippen molar-refractivity contribution in [3.05, 3.63) is 0 Å². The fourth-order valence-electron chi connectivity index (χ4n) is 3.92. The summed E-state index contributed by atoms with van der Waals surface area (Å²) in [6, 6.07) is 0.274. The van der Waals surface area contributed by atoms with Crippen LogP contribution in [0.5, 0.6) is 0 Å². The summed E-state index contributed by atoms with van der Waals surface area (Å²) in [6.45, 7) is 3.14. The monoisotopic (exact) mass is 318 g/mol. The van der Waals surface area contributed by atoms with Gasteiger partial charge in [0, 0.05) is 26.3 Å². The van der Waals surface area contributed by atoms with Gasteiger partial charge < -0.3 is 20.1 Å². The molecule has 0 bridgehead atoms. The minimum atomic E-state index is -0.391. The summed E-state index contributed by atoms with van der Waals surface area (Å²) < 4.78 is 11.3. The lowest BCUT2D eigenvalue weighted by atomic mass is 9.77. The second-order valence-corrected chi connectivity index (χ2v) is 6.36. The Bertz CT molecular complexity index is 359. The smallest absolute Gasteiger partial charge is 0.230 e. The van der Waals surface area contributed by atoms with Crippen LogP contribution >= 0.6 is 12.4 Å². The van der Waals surface area contributed by atoms with Gasteiger partial charge in [0.1, 0.15) is 0 Å². The van der Waals surface area contributed by atoms with Gasteiger partial charge in [-0.05, 0) is 25.7 Å². The third-order valence-corrected chi connectivity index (χ3v) is 5.29. The number of rotatable bonds is 2. The lowest BCUT2D eigenvalue weighted by molar-refractivity contribution is -0.164. The molecule has 1 amide bonds. The van der Waals surface area contributed by atoms with Crippen molar-refractivity contribution >= 4 is 18.3 Å². The number of fused-ring (bicyclic) bond motifs is 1. The van der Waals surface area contributed by atoms with E-state index in [0.29, 0.717) is 26.4 Å². The van der Waals surface area contributed by atoms with Gasteiger partial charge in [-0.2, -0.15) is 0 Å². The van der Waals surface area contributed by atoms with E-state index in [9.17, 15) is 4.79 Å². The largest absolute Gasteiger partial charge is 0.381 e. The topological polar surface area (TPSA) is 64.8 Å². The first-order chi connectivity index (χ1) is 9.77. The molecular weight excluding hydrogens is 292 g/mol. The van der Waals surface area contributed by atoms with Crippen molar-refractivity contribution in [2.24, 2.45) is 11.1 Å². The SMILES string of the molecule is Cl.NCC1(C(=O)N2CCOC3CCCCC32)CCOCC1. The van der Waals surface area contributed by atoms with Crippen LogP contribution < -0.4 is 5.73 Å². The molecule has 21 heavy (non-hydrogen) atoms. The van der Waals surface area contributed by atoms with E-state index in [0.717, 1.165) is 32.2 Å². The van der Waals surface area contributed by atoms with Crippen molar-refractivity contribution in [2.75, 3.05) is 32.9 Å². The van der Waals surface area contributed by atoms with Gasteiger partial charge in [0.15, 0.2) is 0 Å². The molecule has 122 valence electrons. The summed E-state index contributed by atoms with van der Waals surface area (Å²) in [7, 11) is 0. The number of carbonyl (C=O) groups excluding carboxylic acids is 1. The van der Waals surface area contributed by atoms with Gasteiger partial charge in [-0.3, -0.25) is 4.79 Å². The molecular formula is C15H27ClN2O3. The van der Waals surface area contributed by atoms with Crippen LogP contribution in [0.4, 0.5) is 0 Å². The molecule has 2 saturated heterocycles. The zero-order chi connectivity index (χ0) is 14.0. The molecule has 2 aliphatic heterocycles. The molecule has 6 heteroatoms. The van der Waals surface area contributed by atoms with Crippen molar-refractivity contribution in [2.45, 2.75) is 50.7 Å². The first kappa shape index (κ1) is 17.0. The molecule has 0 aromatic heterocycles. The third kappa shape index (κ3) is 3.21. The molecule has 3 aliphatic rings. The van der Waals surface area contributed by atoms with E-state index in [-0.39, 0.29) is 30.5 Å². The highest BCUT2D eigenvalue weighted by Crippen LogP contribution is 2.36. The highest BCUT2D eigenvalue weighted by atomic mass is 35.5. The second-order valence-electron chi connectivity index (χ2n) is 6.36. The average Bonchev–Trinajstić information content (AvgIpc) is 2.54. The molecule has 5 nitrogen and oxygen atoms in total. The van der Waals surface area contributed by atoms with Crippen molar-refractivity contribution in [3.63, 3.8) is 0 Å².